The van der Waals surface area contributed by atoms with E-state index in [9.17, 15) is 4.79 Å². The number of aryl methyl sites for hydroxylation is 1. The molecule has 0 radical (unpaired) electrons. The molecule has 130 valence electrons. The lowest BCUT2D eigenvalue weighted by Gasteiger charge is -2.01. The number of hydrogen-bond acceptors (Lipinski definition) is 5. The first-order chi connectivity index (χ1) is 12.7. The molecule has 0 aliphatic carbocycles. The highest BCUT2D eigenvalue weighted by Gasteiger charge is 2.14. The molecule has 1 aromatic carbocycles. The SMILES string of the molecule is Cc1nc(-c2ccccc2)sc1CNC(=O)c1cc(-c2cccs2)[nH]n1. The maximum Gasteiger partial charge on any atom is 0.272 e. The maximum absolute atomic E-state index is 12.4. The first-order valence-corrected chi connectivity index (χ1v) is 9.79. The van der Waals surface area contributed by atoms with Crippen LogP contribution in [0.2, 0.25) is 0 Å². The van der Waals surface area contributed by atoms with Crippen LogP contribution >= 0.6 is 22.7 Å². The predicted octanol–water partition coefficient (Wildman–Crippen LogP) is 4.50. The third kappa shape index (κ3) is 3.44. The van der Waals surface area contributed by atoms with Crippen molar-refractivity contribution < 1.29 is 4.79 Å². The number of nitrogens with zero attached hydrogens (tertiary/aromatic N) is 2. The molecule has 0 saturated carbocycles. The smallest absolute Gasteiger partial charge is 0.272 e. The lowest BCUT2D eigenvalue weighted by molar-refractivity contribution is 0.0946. The average molecular weight is 380 g/mol. The maximum atomic E-state index is 12.4. The zero-order valence-electron chi connectivity index (χ0n) is 14.0. The lowest BCUT2D eigenvalue weighted by atomic mass is 10.2. The van der Waals surface area contributed by atoms with Gasteiger partial charge in [-0.3, -0.25) is 9.89 Å². The molecule has 0 aliphatic rings. The Kier molecular flexibility index (Phi) is 4.64. The molecule has 2 N–H and O–H groups in total. The minimum absolute atomic E-state index is 0.196. The van der Waals surface area contributed by atoms with E-state index in [-0.39, 0.29) is 5.91 Å². The van der Waals surface area contributed by atoms with Crippen LogP contribution in [-0.2, 0) is 6.54 Å². The van der Waals surface area contributed by atoms with Gasteiger partial charge in [0, 0.05) is 10.4 Å². The molecule has 26 heavy (non-hydrogen) atoms. The van der Waals surface area contributed by atoms with Gasteiger partial charge in [-0.1, -0.05) is 36.4 Å². The average Bonchev–Trinajstić information content (AvgIpc) is 3.41. The molecule has 1 amide bonds. The van der Waals surface area contributed by atoms with Gasteiger partial charge in [-0.25, -0.2) is 4.98 Å². The Morgan fingerprint density at radius 2 is 2.04 bits per heavy atom. The molecule has 7 heteroatoms. The fourth-order valence-corrected chi connectivity index (χ4v) is 4.24. The number of aromatic amines is 1. The van der Waals surface area contributed by atoms with E-state index in [0.717, 1.165) is 31.7 Å². The molecule has 0 unspecified atom stereocenters. The highest BCUT2D eigenvalue weighted by Crippen LogP contribution is 2.27. The van der Waals surface area contributed by atoms with Crippen LogP contribution < -0.4 is 5.32 Å². The monoisotopic (exact) mass is 380 g/mol. The van der Waals surface area contributed by atoms with Gasteiger partial charge in [-0.2, -0.15) is 5.10 Å². The van der Waals surface area contributed by atoms with Crippen molar-refractivity contribution in [1.29, 1.82) is 0 Å². The summed E-state index contributed by atoms with van der Waals surface area (Å²) < 4.78 is 0. The Hall–Kier alpha value is -2.77. The summed E-state index contributed by atoms with van der Waals surface area (Å²) in [7, 11) is 0. The van der Waals surface area contributed by atoms with Gasteiger partial charge >= 0.3 is 0 Å². The van der Waals surface area contributed by atoms with Crippen LogP contribution in [0.1, 0.15) is 21.1 Å². The van der Waals surface area contributed by atoms with E-state index in [0.29, 0.717) is 12.2 Å². The fourth-order valence-electron chi connectivity index (χ4n) is 2.54. The molecule has 3 aromatic heterocycles. The number of hydrogen-bond donors (Lipinski definition) is 2. The number of H-pyrrole nitrogens is 1. The minimum atomic E-state index is -0.196. The Morgan fingerprint density at radius 3 is 2.81 bits per heavy atom. The number of thiophene rings is 1. The van der Waals surface area contributed by atoms with Gasteiger partial charge in [0.25, 0.3) is 5.91 Å². The van der Waals surface area contributed by atoms with Crippen molar-refractivity contribution in [2.45, 2.75) is 13.5 Å². The lowest BCUT2D eigenvalue weighted by Crippen LogP contribution is -2.23. The number of amides is 1. The molecule has 0 bridgehead atoms. The number of carbonyl (C=O) groups excluding carboxylic acids is 1. The van der Waals surface area contributed by atoms with Crippen molar-refractivity contribution in [2.75, 3.05) is 0 Å². The summed E-state index contributed by atoms with van der Waals surface area (Å²) in [4.78, 5) is 19.1. The molecule has 4 aromatic rings. The molecule has 5 nitrogen and oxygen atoms in total. The zero-order valence-corrected chi connectivity index (χ0v) is 15.7. The Balaban J connectivity index is 1.44. The summed E-state index contributed by atoms with van der Waals surface area (Å²) in [5, 5.41) is 12.9. The minimum Gasteiger partial charge on any atom is -0.346 e. The van der Waals surface area contributed by atoms with Gasteiger partial charge in [0.05, 0.1) is 22.8 Å². The fraction of sp³-hybridized carbons (Fsp3) is 0.105. The van der Waals surface area contributed by atoms with Gasteiger partial charge in [0.1, 0.15) is 5.01 Å². The number of nitrogens with one attached hydrogen (secondary N) is 2. The highest BCUT2D eigenvalue weighted by molar-refractivity contribution is 7.15. The van der Waals surface area contributed by atoms with Gasteiger partial charge in [0.2, 0.25) is 0 Å². The predicted molar refractivity (Wildman–Crippen MR) is 105 cm³/mol. The Bertz CT molecular complexity index is 1020. The second-order valence-corrected chi connectivity index (χ2v) is 7.75. The van der Waals surface area contributed by atoms with E-state index < -0.39 is 0 Å². The summed E-state index contributed by atoms with van der Waals surface area (Å²) in [6.07, 6.45) is 0. The van der Waals surface area contributed by atoms with Gasteiger partial charge in [0.15, 0.2) is 5.69 Å². The van der Waals surface area contributed by atoms with Crippen LogP contribution in [0.3, 0.4) is 0 Å². The van der Waals surface area contributed by atoms with Crippen LogP contribution in [0.25, 0.3) is 21.1 Å². The molecule has 0 saturated heterocycles. The van der Waals surface area contributed by atoms with Crippen molar-refractivity contribution in [3.8, 4) is 21.1 Å². The molecule has 0 spiro atoms. The molecular formula is C19H16N4OS2. The third-order valence-electron chi connectivity index (χ3n) is 3.92. The third-order valence-corrected chi connectivity index (χ3v) is 6.03. The summed E-state index contributed by atoms with van der Waals surface area (Å²) >= 11 is 3.20. The topological polar surface area (TPSA) is 70.7 Å². The normalized spacial score (nSPS) is 10.8. The largest absolute Gasteiger partial charge is 0.346 e. The Morgan fingerprint density at radius 1 is 1.19 bits per heavy atom. The van der Waals surface area contributed by atoms with E-state index in [1.807, 2.05) is 54.8 Å². The summed E-state index contributed by atoms with van der Waals surface area (Å²) in [5.74, 6) is -0.196. The molecule has 4 rings (SSSR count). The quantitative estimate of drug-likeness (QED) is 0.535. The van der Waals surface area contributed by atoms with E-state index >= 15 is 0 Å². The van der Waals surface area contributed by atoms with Crippen LogP contribution in [0.4, 0.5) is 0 Å². The van der Waals surface area contributed by atoms with Crippen molar-refractivity contribution in [3.63, 3.8) is 0 Å². The second-order valence-electron chi connectivity index (χ2n) is 5.72. The van der Waals surface area contributed by atoms with Gasteiger partial charge < -0.3 is 5.32 Å². The zero-order chi connectivity index (χ0) is 17.9. The van der Waals surface area contributed by atoms with Gasteiger partial charge in [-0.05, 0) is 24.4 Å². The number of aromatic nitrogens is 3. The number of benzene rings is 1. The standard InChI is InChI=1S/C19H16N4OS2/c1-12-17(26-19(21-12)13-6-3-2-4-7-13)11-20-18(24)15-10-14(22-23-15)16-8-5-9-25-16/h2-10H,11H2,1H3,(H,20,24)(H,22,23). The van der Waals surface area contributed by atoms with Crippen molar-refractivity contribution in [3.05, 3.63) is 70.2 Å². The van der Waals surface area contributed by atoms with E-state index in [2.05, 4.69) is 20.5 Å². The number of rotatable bonds is 5. The van der Waals surface area contributed by atoms with Crippen molar-refractivity contribution in [1.82, 2.24) is 20.5 Å². The van der Waals surface area contributed by atoms with E-state index in [1.165, 1.54) is 0 Å². The van der Waals surface area contributed by atoms with Crippen molar-refractivity contribution in [2.24, 2.45) is 0 Å². The first-order valence-electron chi connectivity index (χ1n) is 8.10. The first kappa shape index (κ1) is 16.7. The summed E-state index contributed by atoms with van der Waals surface area (Å²) in [6.45, 7) is 2.41. The van der Waals surface area contributed by atoms with Gasteiger partial charge in [-0.15, -0.1) is 22.7 Å². The van der Waals surface area contributed by atoms with E-state index in [4.69, 9.17) is 0 Å². The second kappa shape index (κ2) is 7.23. The molecule has 0 aliphatic heterocycles. The molecular weight excluding hydrogens is 364 g/mol. The number of carbonyl (C=O) groups is 1. The summed E-state index contributed by atoms with van der Waals surface area (Å²) in [5.41, 5.74) is 3.27. The molecule has 0 fully saturated rings. The van der Waals surface area contributed by atoms with Crippen LogP contribution in [0.15, 0.2) is 53.9 Å². The Labute approximate surface area is 158 Å². The summed E-state index contributed by atoms with van der Waals surface area (Å²) in [6, 6.07) is 15.8. The molecule has 0 atom stereocenters. The molecule has 3 heterocycles. The highest BCUT2D eigenvalue weighted by atomic mass is 32.1. The van der Waals surface area contributed by atoms with Crippen LogP contribution in [-0.4, -0.2) is 21.1 Å². The van der Waals surface area contributed by atoms with Crippen LogP contribution in [0.5, 0.6) is 0 Å². The van der Waals surface area contributed by atoms with Crippen molar-refractivity contribution >= 4 is 28.6 Å². The van der Waals surface area contributed by atoms with E-state index in [1.54, 1.807) is 28.7 Å². The van der Waals surface area contributed by atoms with Crippen LogP contribution in [0, 0.1) is 6.92 Å². The number of thiazole rings is 1.